The molecule has 2 N–H and O–H groups in total. The van der Waals surface area contributed by atoms with Gasteiger partial charge in [0.2, 0.25) is 11.7 Å². The number of hydrogen-bond acceptors (Lipinski definition) is 6. The summed E-state index contributed by atoms with van der Waals surface area (Å²) in [6.07, 6.45) is 2.67. The summed E-state index contributed by atoms with van der Waals surface area (Å²) in [5, 5.41) is 4.32. The van der Waals surface area contributed by atoms with Crippen molar-refractivity contribution in [2.24, 2.45) is 10.9 Å². The molecule has 8 nitrogen and oxygen atoms in total. The first-order chi connectivity index (χ1) is 13.9. The molecule has 0 aliphatic rings. The molecule has 3 aromatic rings. The van der Waals surface area contributed by atoms with Gasteiger partial charge in [0.15, 0.2) is 11.9 Å². The Kier molecular flexibility index (Phi) is 6.13. The SMILES string of the molecule is COc1nc(C(N)=NOC(C)C(=O)c2cccc(Cl)c2)ccc1-n1cnc(C)c1. The van der Waals surface area contributed by atoms with Crippen LogP contribution in [-0.4, -0.2) is 39.4 Å². The normalized spacial score (nSPS) is 12.5. The summed E-state index contributed by atoms with van der Waals surface area (Å²) < 4.78 is 7.15. The molecule has 150 valence electrons. The molecule has 0 spiro atoms. The minimum absolute atomic E-state index is 0.0161. The van der Waals surface area contributed by atoms with Crippen LogP contribution < -0.4 is 10.5 Å². The highest BCUT2D eigenvalue weighted by atomic mass is 35.5. The number of carbonyl (C=O) groups excluding carboxylic acids is 1. The van der Waals surface area contributed by atoms with Crippen LogP contribution >= 0.6 is 11.6 Å². The molecule has 0 aliphatic heterocycles. The number of halogens is 1. The number of rotatable bonds is 7. The number of nitrogens with zero attached hydrogens (tertiary/aromatic N) is 4. The molecule has 0 aliphatic carbocycles. The van der Waals surface area contributed by atoms with Gasteiger partial charge >= 0.3 is 0 Å². The van der Waals surface area contributed by atoms with Gasteiger partial charge in [0.1, 0.15) is 11.4 Å². The molecule has 0 fully saturated rings. The predicted octanol–water partition coefficient (Wildman–Crippen LogP) is 3.15. The van der Waals surface area contributed by atoms with Crippen molar-refractivity contribution < 1.29 is 14.4 Å². The molecule has 0 amide bonds. The summed E-state index contributed by atoms with van der Waals surface area (Å²) in [6.45, 7) is 3.47. The van der Waals surface area contributed by atoms with E-state index in [9.17, 15) is 4.79 Å². The van der Waals surface area contributed by atoms with Crippen molar-refractivity contribution in [2.75, 3.05) is 7.11 Å². The molecule has 1 atom stereocenters. The standard InChI is InChI=1S/C20H20ClN5O3/c1-12-10-26(11-23-12)17-8-7-16(24-20(17)28-3)19(22)25-29-13(2)18(27)14-5-4-6-15(21)9-14/h4-11,13H,1-3H3,(H2,22,25). The lowest BCUT2D eigenvalue weighted by Crippen LogP contribution is -2.22. The second-order valence-corrected chi connectivity index (χ2v) is 6.68. The zero-order valence-corrected chi connectivity index (χ0v) is 16.9. The van der Waals surface area contributed by atoms with Gasteiger partial charge in [-0.05, 0) is 38.1 Å². The third kappa shape index (κ3) is 4.72. The monoisotopic (exact) mass is 413 g/mol. The summed E-state index contributed by atoms with van der Waals surface area (Å²) in [6, 6.07) is 10.1. The minimum atomic E-state index is -0.845. The first-order valence-corrected chi connectivity index (χ1v) is 9.12. The molecule has 1 unspecified atom stereocenters. The Hall–Kier alpha value is -3.39. The molecule has 2 aromatic heterocycles. The maximum atomic E-state index is 12.4. The van der Waals surface area contributed by atoms with Crippen LogP contribution in [0.2, 0.25) is 5.02 Å². The molecule has 2 heterocycles. The van der Waals surface area contributed by atoms with E-state index >= 15 is 0 Å². The van der Waals surface area contributed by atoms with E-state index in [2.05, 4.69) is 15.1 Å². The summed E-state index contributed by atoms with van der Waals surface area (Å²) in [5.41, 5.74) is 8.33. The first kappa shape index (κ1) is 20.3. The molecule has 3 rings (SSSR count). The van der Waals surface area contributed by atoms with Gasteiger partial charge in [-0.15, -0.1) is 0 Å². The third-order valence-corrected chi connectivity index (χ3v) is 4.31. The smallest absolute Gasteiger partial charge is 0.238 e. The third-order valence-electron chi connectivity index (χ3n) is 4.07. The number of oxime groups is 1. The Bertz CT molecular complexity index is 1060. The maximum Gasteiger partial charge on any atom is 0.238 e. The van der Waals surface area contributed by atoms with Crippen molar-refractivity contribution in [2.45, 2.75) is 20.0 Å². The molecule has 9 heteroatoms. The topological polar surface area (TPSA) is 105 Å². The van der Waals surface area contributed by atoms with Crippen LogP contribution in [0.3, 0.4) is 0 Å². The van der Waals surface area contributed by atoms with E-state index in [1.165, 1.54) is 7.11 Å². The van der Waals surface area contributed by atoms with Gasteiger partial charge in [0.25, 0.3) is 0 Å². The molecule has 1 aromatic carbocycles. The first-order valence-electron chi connectivity index (χ1n) is 8.74. The number of Topliss-reactive ketones (excluding diaryl/α,β-unsaturated/α-hetero) is 1. The number of benzene rings is 1. The zero-order valence-electron chi connectivity index (χ0n) is 16.2. The van der Waals surface area contributed by atoms with Crippen molar-refractivity contribution in [1.29, 1.82) is 0 Å². The summed E-state index contributed by atoms with van der Waals surface area (Å²) in [5.74, 6) is 0.101. The van der Waals surface area contributed by atoms with E-state index in [0.717, 1.165) is 5.69 Å². The van der Waals surface area contributed by atoms with Gasteiger partial charge in [0, 0.05) is 16.8 Å². The highest BCUT2D eigenvalue weighted by Crippen LogP contribution is 2.21. The number of pyridine rings is 1. The number of amidine groups is 1. The summed E-state index contributed by atoms with van der Waals surface area (Å²) in [4.78, 5) is 26.2. The maximum absolute atomic E-state index is 12.4. The van der Waals surface area contributed by atoms with Gasteiger partial charge in [-0.3, -0.25) is 4.79 Å². The van der Waals surface area contributed by atoms with Crippen LogP contribution in [0.5, 0.6) is 5.88 Å². The number of imidazole rings is 1. The van der Waals surface area contributed by atoms with Crippen LogP contribution in [0, 0.1) is 6.92 Å². The Labute approximate surface area is 172 Å². The molecule has 0 saturated carbocycles. The average Bonchev–Trinajstić information content (AvgIpc) is 3.16. The van der Waals surface area contributed by atoms with E-state index in [1.54, 1.807) is 54.2 Å². The zero-order chi connectivity index (χ0) is 21.0. The Morgan fingerprint density at radius 1 is 1.31 bits per heavy atom. The number of aryl methyl sites for hydroxylation is 1. The lowest BCUT2D eigenvalue weighted by atomic mass is 10.1. The number of ether oxygens (including phenoxy) is 1. The van der Waals surface area contributed by atoms with Crippen LogP contribution in [0.15, 0.2) is 54.1 Å². The second-order valence-electron chi connectivity index (χ2n) is 6.25. The highest BCUT2D eigenvalue weighted by Gasteiger charge is 2.18. The largest absolute Gasteiger partial charge is 0.479 e. The van der Waals surface area contributed by atoms with Crippen molar-refractivity contribution in [3.8, 4) is 11.6 Å². The number of ketones is 1. The van der Waals surface area contributed by atoms with E-state index < -0.39 is 6.10 Å². The molecular weight excluding hydrogens is 394 g/mol. The molecule has 0 radical (unpaired) electrons. The fourth-order valence-corrected chi connectivity index (χ4v) is 2.77. The van der Waals surface area contributed by atoms with Crippen molar-refractivity contribution in [3.05, 3.63) is 70.9 Å². The van der Waals surface area contributed by atoms with Gasteiger partial charge in [-0.2, -0.15) is 0 Å². The van der Waals surface area contributed by atoms with E-state index in [-0.39, 0.29) is 11.6 Å². The fourth-order valence-electron chi connectivity index (χ4n) is 2.58. The Balaban J connectivity index is 1.76. The van der Waals surface area contributed by atoms with Crippen LogP contribution in [-0.2, 0) is 4.84 Å². The fraction of sp³-hybridized carbons (Fsp3) is 0.200. The lowest BCUT2D eigenvalue weighted by molar-refractivity contribution is 0.0502. The second kappa shape index (κ2) is 8.74. The van der Waals surface area contributed by atoms with Crippen LogP contribution in [0.25, 0.3) is 5.69 Å². The number of carbonyl (C=O) groups is 1. The number of hydrogen-bond donors (Lipinski definition) is 1. The predicted molar refractivity (Wildman–Crippen MR) is 110 cm³/mol. The van der Waals surface area contributed by atoms with Crippen molar-refractivity contribution >= 4 is 23.2 Å². The van der Waals surface area contributed by atoms with Gasteiger partial charge in [0.05, 0.1) is 19.1 Å². The van der Waals surface area contributed by atoms with Crippen molar-refractivity contribution in [1.82, 2.24) is 14.5 Å². The van der Waals surface area contributed by atoms with Gasteiger partial charge < -0.3 is 19.9 Å². The van der Waals surface area contributed by atoms with E-state index in [1.807, 2.05) is 13.1 Å². The van der Waals surface area contributed by atoms with Gasteiger partial charge in [-0.1, -0.05) is 28.9 Å². The van der Waals surface area contributed by atoms with Crippen LogP contribution in [0.4, 0.5) is 0 Å². The molecule has 0 saturated heterocycles. The quantitative estimate of drug-likeness (QED) is 0.276. The lowest BCUT2D eigenvalue weighted by Gasteiger charge is -2.11. The Morgan fingerprint density at radius 3 is 2.76 bits per heavy atom. The molecular formula is C20H20ClN5O3. The van der Waals surface area contributed by atoms with E-state index in [0.29, 0.717) is 27.8 Å². The molecule has 0 bridgehead atoms. The summed E-state index contributed by atoms with van der Waals surface area (Å²) >= 11 is 5.92. The number of methoxy groups -OCH3 is 1. The number of aromatic nitrogens is 3. The average molecular weight is 414 g/mol. The van der Waals surface area contributed by atoms with E-state index in [4.69, 9.17) is 26.9 Å². The number of nitrogens with two attached hydrogens (primary N) is 1. The van der Waals surface area contributed by atoms with Gasteiger partial charge in [-0.25, -0.2) is 9.97 Å². The van der Waals surface area contributed by atoms with Crippen LogP contribution in [0.1, 0.15) is 28.7 Å². The van der Waals surface area contributed by atoms with Crippen molar-refractivity contribution in [3.63, 3.8) is 0 Å². The minimum Gasteiger partial charge on any atom is -0.479 e. The Morgan fingerprint density at radius 2 is 2.10 bits per heavy atom. The molecule has 29 heavy (non-hydrogen) atoms. The highest BCUT2D eigenvalue weighted by molar-refractivity contribution is 6.31. The summed E-state index contributed by atoms with van der Waals surface area (Å²) in [7, 11) is 1.51.